The number of benzene rings is 2. The monoisotopic (exact) mass is 486 g/mol. The van der Waals surface area contributed by atoms with Crippen LogP contribution in [0.4, 0.5) is 0 Å². The Morgan fingerprint density at radius 2 is 1.68 bits per heavy atom. The number of hydrogen-bond donors (Lipinski definition) is 1. The van der Waals surface area contributed by atoms with E-state index in [0.29, 0.717) is 31.0 Å². The van der Waals surface area contributed by atoms with Crippen LogP contribution in [0.1, 0.15) is 57.4 Å². The minimum Gasteiger partial charge on any atom is -0.497 e. The largest absolute Gasteiger partial charge is 0.497 e. The van der Waals surface area contributed by atoms with Crippen LogP contribution in [0.3, 0.4) is 0 Å². The summed E-state index contributed by atoms with van der Waals surface area (Å²) in [5.41, 5.74) is 0.935. The average molecular weight is 487 g/mol. The summed E-state index contributed by atoms with van der Waals surface area (Å²) < 4.78 is 10.9. The molecule has 184 valence electrons. The van der Waals surface area contributed by atoms with E-state index < -0.39 is 6.04 Å². The van der Waals surface area contributed by atoms with Gasteiger partial charge in [0.1, 0.15) is 17.5 Å². The molecule has 6 nitrogen and oxygen atoms in total. The van der Waals surface area contributed by atoms with Gasteiger partial charge in [0.2, 0.25) is 11.8 Å². The summed E-state index contributed by atoms with van der Waals surface area (Å²) in [5.74, 6) is 1.33. The van der Waals surface area contributed by atoms with Gasteiger partial charge in [-0.15, -0.1) is 0 Å². The number of nitrogens with zero attached hydrogens (tertiary/aromatic N) is 1. The van der Waals surface area contributed by atoms with Crippen LogP contribution >= 0.6 is 11.6 Å². The van der Waals surface area contributed by atoms with Gasteiger partial charge in [-0.2, -0.15) is 0 Å². The number of ether oxygens (including phenoxy) is 2. The molecule has 2 amide bonds. The quantitative estimate of drug-likeness (QED) is 0.433. The van der Waals surface area contributed by atoms with Gasteiger partial charge in [0.05, 0.1) is 13.7 Å². The molecule has 1 aliphatic carbocycles. The van der Waals surface area contributed by atoms with E-state index in [1.807, 2.05) is 36.4 Å². The predicted octanol–water partition coefficient (Wildman–Crippen LogP) is 5.37. The van der Waals surface area contributed by atoms with Crippen molar-refractivity contribution >= 4 is 23.4 Å². The van der Waals surface area contributed by atoms with Crippen LogP contribution in [0.2, 0.25) is 5.02 Å². The Labute approximate surface area is 207 Å². The molecule has 0 bridgehead atoms. The fourth-order valence-corrected chi connectivity index (χ4v) is 4.29. The van der Waals surface area contributed by atoms with E-state index in [4.69, 9.17) is 21.1 Å². The summed E-state index contributed by atoms with van der Waals surface area (Å²) in [6, 6.07) is 14.4. The summed E-state index contributed by atoms with van der Waals surface area (Å²) in [6.45, 7) is 2.57. The molecule has 1 N–H and O–H groups in total. The lowest BCUT2D eigenvalue weighted by Crippen LogP contribution is -2.50. The third-order valence-corrected chi connectivity index (χ3v) is 6.50. The number of halogens is 1. The molecule has 0 heterocycles. The molecule has 1 aliphatic rings. The van der Waals surface area contributed by atoms with Crippen molar-refractivity contribution in [2.45, 2.75) is 70.5 Å². The fraction of sp³-hybridized carbons (Fsp3) is 0.481. The molecule has 34 heavy (non-hydrogen) atoms. The first-order valence-electron chi connectivity index (χ1n) is 12.1. The Hall–Kier alpha value is -2.73. The predicted molar refractivity (Wildman–Crippen MR) is 134 cm³/mol. The highest BCUT2D eigenvalue weighted by Crippen LogP contribution is 2.20. The third kappa shape index (κ3) is 7.94. The minimum atomic E-state index is -0.562. The number of carbonyl (C=O) groups is 2. The van der Waals surface area contributed by atoms with Crippen molar-refractivity contribution in [1.29, 1.82) is 0 Å². The highest BCUT2D eigenvalue weighted by Gasteiger charge is 2.27. The summed E-state index contributed by atoms with van der Waals surface area (Å²) >= 11 is 6.02. The standard InChI is InChI=1S/C27H35ClN2O4/c1-20(27(32)29-23-7-4-3-5-8-23)30(19-21-10-12-22(28)13-11-21)26(31)9-6-18-34-25-16-14-24(33-2)15-17-25/h10-17,20,23H,3-9,18-19H2,1-2H3,(H,29,32)/t20-/m1/s1. The third-order valence-electron chi connectivity index (χ3n) is 6.25. The Bertz CT molecular complexity index is 911. The highest BCUT2D eigenvalue weighted by molar-refractivity contribution is 6.30. The van der Waals surface area contributed by atoms with E-state index in [-0.39, 0.29) is 17.9 Å². The first kappa shape index (κ1) is 25.9. The molecule has 1 saturated carbocycles. The Balaban J connectivity index is 1.58. The molecule has 0 aromatic heterocycles. The van der Waals surface area contributed by atoms with Crippen molar-refractivity contribution in [2.24, 2.45) is 0 Å². The lowest BCUT2D eigenvalue weighted by atomic mass is 9.95. The van der Waals surface area contributed by atoms with Gasteiger partial charge in [-0.3, -0.25) is 9.59 Å². The van der Waals surface area contributed by atoms with Crippen molar-refractivity contribution in [2.75, 3.05) is 13.7 Å². The van der Waals surface area contributed by atoms with E-state index in [1.54, 1.807) is 31.1 Å². The number of nitrogens with one attached hydrogen (secondary N) is 1. The minimum absolute atomic E-state index is 0.0698. The molecule has 0 unspecified atom stereocenters. The summed E-state index contributed by atoms with van der Waals surface area (Å²) in [4.78, 5) is 27.9. The fourth-order valence-electron chi connectivity index (χ4n) is 4.17. The highest BCUT2D eigenvalue weighted by atomic mass is 35.5. The Morgan fingerprint density at radius 1 is 1.03 bits per heavy atom. The van der Waals surface area contributed by atoms with Gasteiger partial charge < -0.3 is 19.7 Å². The van der Waals surface area contributed by atoms with Gasteiger partial charge in [-0.1, -0.05) is 43.0 Å². The normalized spacial score (nSPS) is 14.8. The van der Waals surface area contributed by atoms with E-state index in [1.165, 1.54) is 6.42 Å². The number of amides is 2. The molecule has 0 saturated heterocycles. The zero-order valence-electron chi connectivity index (χ0n) is 20.1. The van der Waals surface area contributed by atoms with Gasteiger partial charge in [-0.05, 0) is 68.1 Å². The second kappa shape index (κ2) is 13.2. The Kier molecular flexibility index (Phi) is 10.1. The first-order chi connectivity index (χ1) is 16.5. The first-order valence-corrected chi connectivity index (χ1v) is 12.4. The van der Waals surface area contributed by atoms with Crippen molar-refractivity contribution in [1.82, 2.24) is 10.2 Å². The van der Waals surface area contributed by atoms with Crippen molar-refractivity contribution in [3.05, 3.63) is 59.1 Å². The van der Waals surface area contributed by atoms with Crippen LogP contribution < -0.4 is 14.8 Å². The molecule has 0 radical (unpaired) electrons. The molecule has 0 spiro atoms. The summed E-state index contributed by atoms with van der Waals surface area (Å²) in [7, 11) is 1.62. The molecular formula is C27H35ClN2O4. The molecule has 3 rings (SSSR count). The molecule has 1 fully saturated rings. The number of rotatable bonds is 11. The summed E-state index contributed by atoms with van der Waals surface area (Å²) in [6.07, 6.45) is 6.37. The van der Waals surface area contributed by atoms with E-state index in [2.05, 4.69) is 5.32 Å². The van der Waals surface area contributed by atoms with Crippen molar-refractivity contribution in [3.63, 3.8) is 0 Å². The molecule has 0 aliphatic heterocycles. The second-order valence-electron chi connectivity index (χ2n) is 8.80. The molecule has 7 heteroatoms. The maximum atomic E-state index is 13.2. The van der Waals surface area contributed by atoms with Gasteiger partial charge in [0.25, 0.3) is 0 Å². The summed E-state index contributed by atoms with van der Waals surface area (Å²) in [5, 5.41) is 3.80. The van der Waals surface area contributed by atoms with Gasteiger partial charge in [-0.25, -0.2) is 0 Å². The van der Waals surface area contributed by atoms with Crippen LogP contribution in [-0.4, -0.2) is 42.5 Å². The smallest absolute Gasteiger partial charge is 0.242 e. The van der Waals surface area contributed by atoms with E-state index in [0.717, 1.165) is 42.7 Å². The zero-order chi connectivity index (χ0) is 24.3. The van der Waals surface area contributed by atoms with Crippen molar-refractivity contribution in [3.8, 4) is 11.5 Å². The van der Waals surface area contributed by atoms with E-state index in [9.17, 15) is 9.59 Å². The van der Waals surface area contributed by atoms with Gasteiger partial charge >= 0.3 is 0 Å². The lowest BCUT2D eigenvalue weighted by Gasteiger charge is -2.31. The Morgan fingerprint density at radius 3 is 2.32 bits per heavy atom. The van der Waals surface area contributed by atoms with Crippen LogP contribution in [0.25, 0.3) is 0 Å². The van der Waals surface area contributed by atoms with Gasteiger partial charge in [0, 0.05) is 24.0 Å². The molecule has 2 aromatic carbocycles. The molecule has 1 atom stereocenters. The van der Waals surface area contributed by atoms with Crippen LogP contribution in [0.15, 0.2) is 48.5 Å². The average Bonchev–Trinajstić information content (AvgIpc) is 2.86. The zero-order valence-corrected chi connectivity index (χ0v) is 20.9. The maximum Gasteiger partial charge on any atom is 0.242 e. The second-order valence-corrected chi connectivity index (χ2v) is 9.23. The number of methoxy groups -OCH3 is 1. The lowest BCUT2D eigenvalue weighted by molar-refractivity contribution is -0.141. The van der Waals surface area contributed by atoms with E-state index >= 15 is 0 Å². The van der Waals surface area contributed by atoms with Crippen LogP contribution in [0, 0.1) is 0 Å². The topological polar surface area (TPSA) is 67.9 Å². The van der Waals surface area contributed by atoms with Crippen molar-refractivity contribution < 1.29 is 19.1 Å². The number of carbonyl (C=O) groups excluding carboxylic acids is 2. The SMILES string of the molecule is COc1ccc(OCCCC(=O)N(Cc2ccc(Cl)cc2)[C@H](C)C(=O)NC2CCCCC2)cc1. The number of hydrogen-bond acceptors (Lipinski definition) is 4. The van der Waals surface area contributed by atoms with Crippen LogP contribution in [0.5, 0.6) is 11.5 Å². The molecule has 2 aromatic rings. The van der Waals surface area contributed by atoms with Crippen LogP contribution in [-0.2, 0) is 16.1 Å². The van der Waals surface area contributed by atoms with Gasteiger partial charge in [0.15, 0.2) is 0 Å². The molecular weight excluding hydrogens is 452 g/mol. The maximum absolute atomic E-state index is 13.2.